The van der Waals surface area contributed by atoms with Crippen molar-refractivity contribution in [3.8, 4) is 0 Å². The molecule has 0 spiro atoms. The summed E-state index contributed by atoms with van der Waals surface area (Å²) in [5.41, 5.74) is 1.42. The number of likely N-dealkylation sites (N-methyl/N-ethyl adjacent to an activating group) is 1. The van der Waals surface area contributed by atoms with Crippen LogP contribution in [0.2, 0.25) is 5.02 Å². The number of halogens is 1. The summed E-state index contributed by atoms with van der Waals surface area (Å²) in [6, 6.07) is 16.9. The summed E-state index contributed by atoms with van der Waals surface area (Å²) in [6.07, 6.45) is 0. The molecule has 0 bridgehead atoms. The molecule has 0 heterocycles. The summed E-state index contributed by atoms with van der Waals surface area (Å²) in [4.78, 5) is 12.8. The lowest BCUT2D eigenvalue weighted by Crippen LogP contribution is -2.46. The smallest absolute Gasteiger partial charge is 0.242 e. The van der Waals surface area contributed by atoms with Crippen LogP contribution in [0.25, 0.3) is 0 Å². The fourth-order valence-corrected chi connectivity index (χ4v) is 2.73. The van der Waals surface area contributed by atoms with E-state index >= 15 is 0 Å². The van der Waals surface area contributed by atoms with Crippen LogP contribution >= 0.6 is 11.6 Å². The Balaban J connectivity index is 2.21. The van der Waals surface area contributed by atoms with Gasteiger partial charge in [0.25, 0.3) is 0 Å². The van der Waals surface area contributed by atoms with E-state index in [0.29, 0.717) is 11.6 Å². The molecular weight excluding hydrogens is 308 g/mol. The van der Waals surface area contributed by atoms with Crippen LogP contribution in [0.1, 0.15) is 37.9 Å². The minimum absolute atomic E-state index is 0.0528. The molecule has 0 radical (unpaired) electrons. The van der Waals surface area contributed by atoms with Crippen molar-refractivity contribution in [2.45, 2.75) is 32.4 Å². The van der Waals surface area contributed by atoms with Gasteiger partial charge in [-0.25, -0.2) is 0 Å². The highest BCUT2D eigenvalue weighted by Crippen LogP contribution is 2.24. The van der Waals surface area contributed by atoms with Crippen LogP contribution < -0.4 is 10.6 Å². The van der Waals surface area contributed by atoms with Crippen molar-refractivity contribution in [1.29, 1.82) is 0 Å². The second kappa shape index (κ2) is 7.62. The topological polar surface area (TPSA) is 41.1 Å². The maximum absolute atomic E-state index is 12.8. The van der Waals surface area contributed by atoms with Gasteiger partial charge in [0, 0.05) is 5.02 Å². The molecule has 0 saturated carbocycles. The quantitative estimate of drug-likeness (QED) is 0.839. The molecule has 0 saturated heterocycles. The van der Waals surface area contributed by atoms with Gasteiger partial charge in [0.05, 0.1) is 5.54 Å². The Labute approximate surface area is 143 Å². The number of hydrogen-bond donors (Lipinski definition) is 2. The zero-order valence-electron chi connectivity index (χ0n) is 13.8. The van der Waals surface area contributed by atoms with Gasteiger partial charge < -0.3 is 10.6 Å². The van der Waals surface area contributed by atoms with Crippen molar-refractivity contribution in [2.75, 3.05) is 6.54 Å². The Morgan fingerprint density at radius 3 is 2.43 bits per heavy atom. The highest BCUT2D eigenvalue weighted by molar-refractivity contribution is 6.30. The Morgan fingerprint density at radius 1 is 1.13 bits per heavy atom. The van der Waals surface area contributed by atoms with Gasteiger partial charge in [-0.2, -0.15) is 0 Å². The van der Waals surface area contributed by atoms with E-state index in [1.807, 2.05) is 75.4 Å². The van der Waals surface area contributed by atoms with Gasteiger partial charge in [0.1, 0.15) is 6.04 Å². The zero-order valence-corrected chi connectivity index (χ0v) is 14.5. The first-order valence-corrected chi connectivity index (χ1v) is 8.18. The van der Waals surface area contributed by atoms with E-state index in [2.05, 4.69) is 10.6 Å². The molecule has 4 heteroatoms. The largest absolute Gasteiger partial charge is 0.345 e. The lowest BCUT2D eigenvalue weighted by Gasteiger charge is -2.30. The molecule has 2 rings (SSSR count). The summed E-state index contributed by atoms with van der Waals surface area (Å²) in [7, 11) is 0. The van der Waals surface area contributed by atoms with Gasteiger partial charge in [-0.15, -0.1) is 0 Å². The third kappa shape index (κ3) is 4.57. The van der Waals surface area contributed by atoms with Crippen LogP contribution in [-0.2, 0) is 10.3 Å². The molecule has 0 aliphatic carbocycles. The summed E-state index contributed by atoms with van der Waals surface area (Å²) < 4.78 is 0. The molecule has 23 heavy (non-hydrogen) atoms. The van der Waals surface area contributed by atoms with Crippen LogP contribution in [0.5, 0.6) is 0 Å². The Bertz CT molecular complexity index is 655. The van der Waals surface area contributed by atoms with Crippen molar-refractivity contribution in [2.24, 2.45) is 0 Å². The SMILES string of the molecule is CCNC(C(=O)NC(C)(C)c1cccc(Cl)c1)c1ccccc1. The van der Waals surface area contributed by atoms with Crippen LogP contribution in [-0.4, -0.2) is 12.5 Å². The van der Waals surface area contributed by atoms with Gasteiger partial charge in [-0.3, -0.25) is 4.79 Å². The van der Waals surface area contributed by atoms with Crippen LogP contribution in [0.4, 0.5) is 0 Å². The molecule has 1 atom stereocenters. The molecule has 0 fully saturated rings. The maximum Gasteiger partial charge on any atom is 0.242 e. The molecular formula is C19H23ClN2O. The van der Waals surface area contributed by atoms with E-state index < -0.39 is 5.54 Å². The third-order valence-electron chi connectivity index (χ3n) is 3.79. The van der Waals surface area contributed by atoms with Gasteiger partial charge in [-0.1, -0.05) is 61.0 Å². The van der Waals surface area contributed by atoms with Crippen LogP contribution in [0.3, 0.4) is 0 Å². The summed E-state index contributed by atoms with van der Waals surface area (Å²) in [6.45, 7) is 6.66. The van der Waals surface area contributed by atoms with Crippen LogP contribution in [0.15, 0.2) is 54.6 Å². The van der Waals surface area contributed by atoms with Gasteiger partial charge in [-0.05, 0) is 43.7 Å². The van der Waals surface area contributed by atoms with Gasteiger partial charge >= 0.3 is 0 Å². The standard InChI is InChI=1S/C19H23ClN2O/c1-4-21-17(14-9-6-5-7-10-14)18(23)22-19(2,3)15-11-8-12-16(20)13-15/h5-13,17,21H,4H2,1-3H3,(H,22,23). The molecule has 0 aliphatic rings. The first kappa shape index (κ1) is 17.5. The molecule has 1 unspecified atom stereocenters. The minimum atomic E-state index is -0.509. The van der Waals surface area contributed by atoms with Gasteiger partial charge in [0.15, 0.2) is 0 Å². The monoisotopic (exact) mass is 330 g/mol. The summed E-state index contributed by atoms with van der Waals surface area (Å²) in [5, 5.41) is 7.03. The van der Waals surface area contributed by atoms with E-state index in [1.165, 1.54) is 0 Å². The predicted molar refractivity (Wildman–Crippen MR) is 95.5 cm³/mol. The average Bonchev–Trinajstić information content (AvgIpc) is 2.53. The third-order valence-corrected chi connectivity index (χ3v) is 4.02. The molecule has 1 amide bonds. The second-order valence-corrected chi connectivity index (χ2v) is 6.46. The number of hydrogen-bond acceptors (Lipinski definition) is 2. The van der Waals surface area contributed by atoms with E-state index in [4.69, 9.17) is 11.6 Å². The Morgan fingerprint density at radius 2 is 1.83 bits per heavy atom. The number of carbonyl (C=O) groups is 1. The summed E-state index contributed by atoms with van der Waals surface area (Å²) in [5.74, 6) is -0.0528. The van der Waals surface area contributed by atoms with Crippen molar-refractivity contribution in [1.82, 2.24) is 10.6 Å². The van der Waals surface area contributed by atoms with E-state index in [-0.39, 0.29) is 11.9 Å². The van der Waals surface area contributed by atoms with E-state index in [9.17, 15) is 4.79 Å². The van der Waals surface area contributed by atoms with Crippen molar-refractivity contribution in [3.05, 3.63) is 70.7 Å². The number of carbonyl (C=O) groups excluding carboxylic acids is 1. The molecule has 122 valence electrons. The van der Waals surface area contributed by atoms with Gasteiger partial charge in [0.2, 0.25) is 5.91 Å². The second-order valence-electron chi connectivity index (χ2n) is 6.03. The number of benzene rings is 2. The highest BCUT2D eigenvalue weighted by atomic mass is 35.5. The highest BCUT2D eigenvalue weighted by Gasteiger charge is 2.27. The summed E-state index contributed by atoms with van der Waals surface area (Å²) >= 11 is 6.07. The van der Waals surface area contributed by atoms with Crippen molar-refractivity contribution < 1.29 is 4.79 Å². The minimum Gasteiger partial charge on any atom is -0.345 e. The zero-order chi connectivity index (χ0) is 16.9. The normalized spacial score (nSPS) is 12.7. The lowest BCUT2D eigenvalue weighted by atomic mass is 9.93. The molecule has 0 aliphatic heterocycles. The van der Waals surface area contributed by atoms with E-state index in [1.54, 1.807) is 0 Å². The first-order chi connectivity index (χ1) is 10.9. The van der Waals surface area contributed by atoms with Crippen molar-refractivity contribution >= 4 is 17.5 Å². The Kier molecular flexibility index (Phi) is 5.80. The molecule has 0 aromatic heterocycles. The molecule has 2 aromatic carbocycles. The Hall–Kier alpha value is -1.84. The predicted octanol–water partition coefficient (Wildman–Crippen LogP) is 4.04. The molecule has 2 aromatic rings. The fraction of sp³-hybridized carbons (Fsp3) is 0.316. The lowest BCUT2D eigenvalue weighted by molar-refractivity contribution is -0.125. The molecule has 2 N–H and O–H groups in total. The van der Waals surface area contributed by atoms with E-state index in [0.717, 1.165) is 11.1 Å². The number of nitrogens with one attached hydrogen (secondary N) is 2. The average molecular weight is 331 g/mol. The molecule has 3 nitrogen and oxygen atoms in total. The number of amides is 1. The number of rotatable bonds is 6. The van der Waals surface area contributed by atoms with Crippen LogP contribution in [0, 0.1) is 0 Å². The fourth-order valence-electron chi connectivity index (χ4n) is 2.54. The maximum atomic E-state index is 12.8. The van der Waals surface area contributed by atoms with Crippen molar-refractivity contribution in [3.63, 3.8) is 0 Å². The first-order valence-electron chi connectivity index (χ1n) is 7.80.